The molecule has 1 aliphatic carbocycles. The second-order valence-electron chi connectivity index (χ2n) is 7.06. The SMILES string of the molecule is CC(O)CN1CCC(CN(C)Cc2nnnn2C2CC2)CC1. The number of tetrazole rings is 1. The lowest BCUT2D eigenvalue weighted by Crippen LogP contribution is -2.40. The zero-order chi connectivity index (χ0) is 15.5. The Morgan fingerprint density at radius 3 is 2.64 bits per heavy atom. The number of likely N-dealkylation sites (tertiary alicyclic amines) is 1. The molecule has 2 heterocycles. The van der Waals surface area contributed by atoms with E-state index in [2.05, 4.69) is 32.4 Å². The highest BCUT2D eigenvalue weighted by molar-refractivity contribution is 4.90. The van der Waals surface area contributed by atoms with E-state index in [1.54, 1.807) is 0 Å². The van der Waals surface area contributed by atoms with Gasteiger partial charge in [-0.05, 0) is 69.1 Å². The second kappa shape index (κ2) is 7.02. The van der Waals surface area contributed by atoms with Crippen molar-refractivity contribution in [1.29, 1.82) is 0 Å². The molecule has 3 rings (SSSR count). The van der Waals surface area contributed by atoms with Crippen molar-refractivity contribution >= 4 is 0 Å². The van der Waals surface area contributed by atoms with Gasteiger partial charge in [-0.25, -0.2) is 4.68 Å². The fourth-order valence-electron chi connectivity index (χ4n) is 3.39. The van der Waals surface area contributed by atoms with Gasteiger partial charge in [0.25, 0.3) is 0 Å². The quantitative estimate of drug-likeness (QED) is 0.792. The smallest absolute Gasteiger partial charge is 0.165 e. The molecule has 7 nitrogen and oxygen atoms in total. The lowest BCUT2D eigenvalue weighted by molar-refractivity contribution is 0.0915. The Bertz CT molecular complexity index is 464. The maximum atomic E-state index is 9.46. The summed E-state index contributed by atoms with van der Waals surface area (Å²) >= 11 is 0. The summed E-state index contributed by atoms with van der Waals surface area (Å²) in [5, 5.41) is 21.6. The van der Waals surface area contributed by atoms with E-state index < -0.39 is 0 Å². The second-order valence-corrected chi connectivity index (χ2v) is 7.06. The van der Waals surface area contributed by atoms with E-state index in [1.165, 1.54) is 25.7 Å². The zero-order valence-electron chi connectivity index (χ0n) is 13.7. The fourth-order valence-corrected chi connectivity index (χ4v) is 3.39. The van der Waals surface area contributed by atoms with Gasteiger partial charge in [0, 0.05) is 13.1 Å². The summed E-state index contributed by atoms with van der Waals surface area (Å²) in [6.45, 7) is 6.80. The predicted octanol–water partition coefficient (Wildman–Crippen LogP) is 0.533. The molecule has 0 radical (unpaired) electrons. The minimum absolute atomic E-state index is 0.222. The molecule has 2 aliphatic rings. The van der Waals surface area contributed by atoms with E-state index >= 15 is 0 Å². The summed E-state index contributed by atoms with van der Waals surface area (Å²) in [5.41, 5.74) is 0. The van der Waals surface area contributed by atoms with Crippen molar-refractivity contribution in [2.24, 2.45) is 5.92 Å². The average molecular weight is 308 g/mol. The molecule has 1 N–H and O–H groups in total. The van der Waals surface area contributed by atoms with Crippen LogP contribution in [0.5, 0.6) is 0 Å². The van der Waals surface area contributed by atoms with Gasteiger partial charge in [-0.15, -0.1) is 5.10 Å². The molecule has 0 amide bonds. The summed E-state index contributed by atoms with van der Waals surface area (Å²) in [5.74, 6) is 1.73. The third-order valence-corrected chi connectivity index (χ3v) is 4.66. The number of aliphatic hydroxyl groups excluding tert-OH is 1. The minimum atomic E-state index is -0.222. The first-order valence-corrected chi connectivity index (χ1v) is 8.47. The molecule has 1 saturated carbocycles. The van der Waals surface area contributed by atoms with Crippen molar-refractivity contribution < 1.29 is 5.11 Å². The molecule has 1 unspecified atom stereocenters. The molecular weight excluding hydrogens is 280 g/mol. The van der Waals surface area contributed by atoms with Crippen molar-refractivity contribution in [2.75, 3.05) is 33.2 Å². The normalized spacial score (nSPS) is 22.4. The summed E-state index contributed by atoms with van der Waals surface area (Å²) in [7, 11) is 2.16. The number of piperidine rings is 1. The van der Waals surface area contributed by atoms with Crippen LogP contribution >= 0.6 is 0 Å². The van der Waals surface area contributed by atoms with E-state index in [0.717, 1.165) is 44.5 Å². The maximum Gasteiger partial charge on any atom is 0.165 e. The molecule has 0 bridgehead atoms. The molecule has 1 atom stereocenters. The van der Waals surface area contributed by atoms with Gasteiger partial charge in [0.15, 0.2) is 5.82 Å². The van der Waals surface area contributed by atoms with Crippen LogP contribution in [0.25, 0.3) is 0 Å². The lowest BCUT2D eigenvalue weighted by atomic mass is 9.96. The van der Waals surface area contributed by atoms with Crippen LogP contribution in [0.15, 0.2) is 0 Å². The van der Waals surface area contributed by atoms with Crippen LogP contribution in [0.4, 0.5) is 0 Å². The molecule has 0 aromatic carbocycles. The Morgan fingerprint density at radius 1 is 1.27 bits per heavy atom. The molecule has 1 aromatic rings. The van der Waals surface area contributed by atoms with Crippen molar-refractivity contribution in [2.45, 2.75) is 51.3 Å². The highest BCUT2D eigenvalue weighted by Crippen LogP contribution is 2.34. The third-order valence-electron chi connectivity index (χ3n) is 4.66. The number of hydrogen-bond donors (Lipinski definition) is 1. The number of aliphatic hydroxyl groups is 1. The molecule has 1 saturated heterocycles. The molecule has 7 heteroatoms. The molecule has 0 spiro atoms. The molecular formula is C15H28N6O. The fraction of sp³-hybridized carbons (Fsp3) is 0.933. The Morgan fingerprint density at radius 2 is 2.00 bits per heavy atom. The molecule has 1 aromatic heterocycles. The van der Waals surface area contributed by atoms with Gasteiger partial charge in [-0.2, -0.15) is 0 Å². The highest BCUT2D eigenvalue weighted by Gasteiger charge is 2.28. The average Bonchev–Trinajstić information content (AvgIpc) is 3.21. The summed E-state index contributed by atoms with van der Waals surface area (Å²) in [6.07, 6.45) is 4.63. The van der Waals surface area contributed by atoms with Gasteiger partial charge in [0.2, 0.25) is 0 Å². The molecule has 1 aliphatic heterocycles. The Kier molecular flexibility index (Phi) is 5.05. The molecule has 22 heavy (non-hydrogen) atoms. The van der Waals surface area contributed by atoms with Crippen molar-refractivity contribution in [3.63, 3.8) is 0 Å². The van der Waals surface area contributed by atoms with E-state index in [4.69, 9.17) is 0 Å². The van der Waals surface area contributed by atoms with Gasteiger partial charge < -0.3 is 10.0 Å². The zero-order valence-corrected chi connectivity index (χ0v) is 13.7. The van der Waals surface area contributed by atoms with Crippen LogP contribution in [0.1, 0.15) is 44.5 Å². The standard InChI is InChI=1S/C15H28N6O/c1-12(22)9-20-7-5-13(6-8-20)10-19(2)11-15-16-17-18-21(15)14-3-4-14/h12-14,22H,3-11H2,1-2H3. The van der Waals surface area contributed by atoms with Gasteiger partial charge >= 0.3 is 0 Å². The van der Waals surface area contributed by atoms with E-state index in [1.807, 2.05) is 11.6 Å². The predicted molar refractivity (Wildman–Crippen MR) is 83.3 cm³/mol. The van der Waals surface area contributed by atoms with Gasteiger partial charge in [-0.3, -0.25) is 4.90 Å². The third kappa shape index (κ3) is 4.24. The number of nitrogens with zero attached hydrogens (tertiary/aromatic N) is 6. The summed E-state index contributed by atoms with van der Waals surface area (Å²) < 4.78 is 2.00. The van der Waals surface area contributed by atoms with Crippen molar-refractivity contribution in [3.8, 4) is 0 Å². The highest BCUT2D eigenvalue weighted by atomic mass is 16.3. The number of hydrogen-bond acceptors (Lipinski definition) is 6. The number of rotatable bonds is 7. The minimum Gasteiger partial charge on any atom is -0.392 e. The maximum absolute atomic E-state index is 9.46. The van der Waals surface area contributed by atoms with Crippen LogP contribution in [0, 0.1) is 5.92 Å². The Labute approximate surface area is 132 Å². The Balaban J connectivity index is 1.42. The number of aromatic nitrogens is 4. The van der Waals surface area contributed by atoms with Crippen molar-refractivity contribution in [1.82, 2.24) is 30.0 Å². The van der Waals surface area contributed by atoms with Crippen LogP contribution in [0.2, 0.25) is 0 Å². The van der Waals surface area contributed by atoms with Crippen LogP contribution in [-0.2, 0) is 6.54 Å². The van der Waals surface area contributed by atoms with E-state index in [9.17, 15) is 5.11 Å². The van der Waals surface area contributed by atoms with E-state index in [0.29, 0.717) is 6.04 Å². The monoisotopic (exact) mass is 308 g/mol. The first-order valence-electron chi connectivity index (χ1n) is 8.47. The largest absolute Gasteiger partial charge is 0.392 e. The lowest BCUT2D eigenvalue weighted by Gasteiger charge is -2.34. The van der Waals surface area contributed by atoms with E-state index in [-0.39, 0.29) is 6.10 Å². The van der Waals surface area contributed by atoms with Crippen LogP contribution < -0.4 is 0 Å². The van der Waals surface area contributed by atoms with Crippen LogP contribution in [0.3, 0.4) is 0 Å². The molecule has 2 fully saturated rings. The van der Waals surface area contributed by atoms with Gasteiger partial charge in [0.05, 0.1) is 18.7 Å². The summed E-state index contributed by atoms with van der Waals surface area (Å²) in [4.78, 5) is 4.72. The van der Waals surface area contributed by atoms with Crippen LogP contribution in [-0.4, -0.2) is 74.4 Å². The van der Waals surface area contributed by atoms with Gasteiger partial charge in [0.1, 0.15) is 0 Å². The molecule has 124 valence electrons. The summed E-state index contributed by atoms with van der Waals surface area (Å²) in [6, 6.07) is 0.544. The van der Waals surface area contributed by atoms with Crippen molar-refractivity contribution in [3.05, 3.63) is 5.82 Å². The topological polar surface area (TPSA) is 70.3 Å². The first kappa shape index (κ1) is 15.8. The van der Waals surface area contributed by atoms with Gasteiger partial charge in [-0.1, -0.05) is 0 Å². The number of β-amino-alcohol motifs (C(OH)–C–C–N with tert-alkyl or cyclic N) is 1. The Hall–Kier alpha value is -1.05. The first-order chi connectivity index (χ1) is 10.6.